The molecular weight excluding hydrogens is 345 g/mol. The molecule has 2 aliphatic heterocycles. The minimum Gasteiger partial charge on any atom is -0.487 e. The molecule has 2 aliphatic rings. The first-order valence-corrected chi connectivity index (χ1v) is 9.58. The predicted octanol–water partition coefficient (Wildman–Crippen LogP) is 3.52. The van der Waals surface area contributed by atoms with Crippen LogP contribution in [0, 0.1) is 12.7 Å². The molecule has 4 rings (SSSR count). The molecule has 0 radical (unpaired) electrons. The Morgan fingerprint density at radius 3 is 2.59 bits per heavy atom. The molecule has 1 saturated heterocycles. The summed E-state index contributed by atoms with van der Waals surface area (Å²) in [6.07, 6.45) is 0.830. The van der Waals surface area contributed by atoms with Gasteiger partial charge in [-0.15, -0.1) is 0 Å². The number of aliphatic hydroxyl groups excluding tert-OH is 2. The number of likely N-dealkylation sites (tertiary alicyclic amines) is 1. The van der Waals surface area contributed by atoms with Crippen molar-refractivity contribution in [2.75, 3.05) is 19.6 Å². The second-order valence-corrected chi connectivity index (χ2v) is 7.91. The quantitative estimate of drug-likeness (QED) is 0.867. The average Bonchev–Trinajstić information content (AvgIpc) is 2.65. The molecule has 2 atom stereocenters. The molecule has 2 N–H and O–H groups in total. The number of hydrogen-bond acceptors (Lipinski definition) is 4. The highest BCUT2D eigenvalue weighted by Crippen LogP contribution is 2.44. The smallest absolute Gasteiger partial charge is 0.126 e. The van der Waals surface area contributed by atoms with E-state index in [1.165, 1.54) is 17.7 Å². The monoisotopic (exact) mass is 371 g/mol. The standard InChI is InChI=1S/C22H26FNO3/c1-15-2-4-16(5-3-15)20(26)14-24-10-8-22(9-11-24)13-19(25)18-12-17(23)6-7-21(18)27-22/h2-7,12,19-20,25-26H,8-11,13-14H2,1H3/t19-,20+/m1/s1. The lowest BCUT2D eigenvalue weighted by molar-refractivity contribution is -0.0589. The molecule has 2 heterocycles. The van der Waals surface area contributed by atoms with E-state index in [4.69, 9.17) is 4.74 Å². The van der Waals surface area contributed by atoms with Crippen molar-refractivity contribution in [3.63, 3.8) is 0 Å². The molecule has 0 aromatic heterocycles. The third-order valence-corrected chi connectivity index (χ3v) is 5.88. The van der Waals surface area contributed by atoms with Gasteiger partial charge in [-0.1, -0.05) is 29.8 Å². The van der Waals surface area contributed by atoms with E-state index in [9.17, 15) is 14.6 Å². The van der Waals surface area contributed by atoms with Gasteiger partial charge >= 0.3 is 0 Å². The minimum atomic E-state index is -0.700. The van der Waals surface area contributed by atoms with Crippen LogP contribution < -0.4 is 4.74 Å². The Morgan fingerprint density at radius 1 is 1.19 bits per heavy atom. The van der Waals surface area contributed by atoms with Gasteiger partial charge in [0.25, 0.3) is 0 Å². The Labute approximate surface area is 159 Å². The first kappa shape index (κ1) is 18.4. The Morgan fingerprint density at radius 2 is 1.89 bits per heavy atom. The number of aryl methyl sites for hydroxylation is 1. The summed E-state index contributed by atoms with van der Waals surface area (Å²) >= 11 is 0. The van der Waals surface area contributed by atoms with E-state index in [0.29, 0.717) is 24.3 Å². The molecule has 0 bridgehead atoms. The molecule has 4 nitrogen and oxygen atoms in total. The number of piperidine rings is 1. The maximum absolute atomic E-state index is 13.4. The maximum Gasteiger partial charge on any atom is 0.126 e. The highest BCUT2D eigenvalue weighted by atomic mass is 19.1. The zero-order valence-electron chi connectivity index (χ0n) is 15.6. The molecule has 0 aliphatic carbocycles. The Balaban J connectivity index is 1.39. The van der Waals surface area contributed by atoms with Gasteiger partial charge in [0.1, 0.15) is 17.2 Å². The van der Waals surface area contributed by atoms with E-state index in [2.05, 4.69) is 4.90 Å². The molecule has 5 heteroatoms. The lowest BCUT2D eigenvalue weighted by Crippen LogP contribution is -2.51. The van der Waals surface area contributed by atoms with Gasteiger partial charge in [-0.25, -0.2) is 4.39 Å². The van der Waals surface area contributed by atoms with Gasteiger partial charge in [-0.3, -0.25) is 0 Å². The summed E-state index contributed by atoms with van der Waals surface area (Å²) in [5.74, 6) is 0.232. The number of benzene rings is 2. The summed E-state index contributed by atoms with van der Waals surface area (Å²) in [4.78, 5) is 2.24. The molecule has 2 aromatic rings. The molecular formula is C22H26FNO3. The fourth-order valence-corrected chi connectivity index (χ4v) is 4.20. The van der Waals surface area contributed by atoms with Gasteiger partial charge in [0, 0.05) is 31.6 Å². The van der Waals surface area contributed by atoms with Crippen LogP contribution in [0.2, 0.25) is 0 Å². The molecule has 1 spiro atoms. The fraction of sp³-hybridized carbons (Fsp3) is 0.455. The summed E-state index contributed by atoms with van der Waals surface area (Å²) in [5, 5.41) is 21.0. The normalized spacial score (nSPS) is 22.9. The summed E-state index contributed by atoms with van der Waals surface area (Å²) in [6.45, 7) is 4.22. The van der Waals surface area contributed by atoms with Gasteiger partial charge in [0.05, 0.1) is 12.2 Å². The van der Waals surface area contributed by atoms with Crippen LogP contribution in [0.4, 0.5) is 4.39 Å². The number of aliphatic hydroxyl groups is 2. The number of β-amino-alcohol motifs (C(OH)–C–C–N with tert-alkyl or cyclic N) is 1. The fourth-order valence-electron chi connectivity index (χ4n) is 4.20. The molecule has 2 aromatic carbocycles. The Hall–Kier alpha value is -1.95. The first-order chi connectivity index (χ1) is 12.9. The van der Waals surface area contributed by atoms with Crippen LogP contribution in [-0.4, -0.2) is 40.3 Å². The van der Waals surface area contributed by atoms with Gasteiger partial charge < -0.3 is 19.8 Å². The number of halogens is 1. The van der Waals surface area contributed by atoms with Gasteiger partial charge in [0.15, 0.2) is 0 Å². The molecule has 0 saturated carbocycles. The molecule has 27 heavy (non-hydrogen) atoms. The van der Waals surface area contributed by atoms with Crippen molar-refractivity contribution in [2.45, 2.75) is 44.0 Å². The number of ether oxygens (including phenoxy) is 1. The second-order valence-electron chi connectivity index (χ2n) is 7.91. The molecule has 144 valence electrons. The van der Waals surface area contributed by atoms with Crippen molar-refractivity contribution in [1.29, 1.82) is 0 Å². The predicted molar refractivity (Wildman–Crippen MR) is 101 cm³/mol. The van der Waals surface area contributed by atoms with Crippen molar-refractivity contribution in [3.8, 4) is 5.75 Å². The van der Waals surface area contributed by atoms with Crippen molar-refractivity contribution < 1.29 is 19.3 Å². The average molecular weight is 371 g/mol. The first-order valence-electron chi connectivity index (χ1n) is 9.58. The highest BCUT2D eigenvalue weighted by molar-refractivity contribution is 5.38. The second kappa shape index (κ2) is 7.23. The SMILES string of the molecule is Cc1ccc([C@@H](O)CN2CCC3(CC2)C[C@@H](O)c2cc(F)ccc2O3)cc1. The van der Waals surface area contributed by atoms with E-state index in [1.807, 2.05) is 31.2 Å². The van der Waals surface area contributed by atoms with Crippen LogP contribution in [-0.2, 0) is 0 Å². The summed E-state index contributed by atoms with van der Waals surface area (Å²) in [7, 11) is 0. The van der Waals surface area contributed by atoms with E-state index in [0.717, 1.165) is 31.5 Å². The summed E-state index contributed by atoms with van der Waals surface area (Å²) in [6, 6.07) is 12.3. The Bertz CT molecular complexity index is 800. The third-order valence-electron chi connectivity index (χ3n) is 5.88. The van der Waals surface area contributed by atoms with Crippen molar-refractivity contribution >= 4 is 0 Å². The summed E-state index contributed by atoms with van der Waals surface area (Å²) < 4.78 is 19.7. The Kier molecular flexibility index (Phi) is 4.93. The number of hydrogen-bond donors (Lipinski definition) is 2. The van der Waals surface area contributed by atoms with Crippen LogP contribution in [0.25, 0.3) is 0 Å². The van der Waals surface area contributed by atoms with E-state index in [-0.39, 0.29) is 5.82 Å². The number of fused-ring (bicyclic) bond motifs is 1. The van der Waals surface area contributed by atoms with Crippen LogP contribution in [0.3, 0.4) is 0 Å². The minimum absolute atomic E-state index is 0.354. The lowest BCUT2D eigenvalue weighted by Gasteiger charge is -2.46. The molecule has 0 amide bonds. The van der Waals surface area contributed by atoms with Crippen molar-refractivity contribution in [1.82, 2.24) is 4.90 Å². The largest absolute Gasteiger partial charge is 0.487 e. The van der Waals surface area contributed by atoms with Gasteiger partial charge in [-0.2, -0.15) is 0 Å². The van der Waals surface area contributed by atoms with Crippen LogP contribution in [0.1, 0.15) is 48.2 Å². The summed E-state index contributed by atoms with van der Waals surface area (Å²) in [5.41, 5.74) is 2.24. The van der Waals surface area contributed by atoms with Crippen molar-refractivity contribution in [3.05, 3.63) is 65.0 Å². The third kappa shape index (κ3) is 3.86. The zero-order chi connectivity index (χ0) is 19.0. The number of rotatable bonds is 3. The molecule has 0 unspecified atom stereocenters. The van der Waals surface area contributed by atoms with Crippen LogP contribution in [0.15, 0.2) is 42.5 Å². The van der Waals surface area contributed by atoms with Crippen LogP contribution in [0.5, 0.6) is 5.75 Å². The van der Waals surface area contributed by atoms with Gasteiger partial charge in [0.2, 0.25) is 0 Å². The van der Waals surface area contributed by atoms with E-state index >= 15 is 0 Å². The zero-order valence-corrected chi connectivity index (χ0v) is 15.6. The number of nitrogens with zero attached hydrogens (tertiary/aromatic N) is 1. The van der Waals surface area contributed by atoms with Crippen LogP contribution >= 0.6 is 0 Å². The van der Waals surface area contributed by atoms with Crippen molar-refractivity contribution in [2.24, 2.45) is 0 Å². The highest BCUT2D eigenvalue weighted by Gasteiger charge is 2.43. The van der Waals surface area contributed by atoms with E-state index in [1.54, 1.807) is 6.07 Å². The maximum atomic E-state index is 13.4. The molecule has 1 fully saturated rings. The van der Waals surface area contributed by atoms with E-state index < -0.39 is 17.8 Å². The van der Waals surface area contributed by atoms with Gasteiger partial charge in [-0.05, 0) is 43.5 Å². The topological polar surface area (TPSA) is 52.9 Å². The lowest BCUT2D eigenvalue weighted by atomic mass is 9.81.